The molecule has 2 aromatic rings. The molecule has 2 aliphatic heterocycles. The first-order valence-corrected chi connectivity index (χ1v) is 9.55. The number of carbonyl (C=O) groups excluding carboxylic acids is 1. The van der Waals surface area contributed by atoms with E-state index in [-0.39, 0.29) is 11.5 Å². The zero-order valence-corrected chi connectivity index (χ0v) is 15.6. The van der Waals surface area contributed by atoms with Gasteiger partial charge in [-0.1, -0.05) is 6.42 Å². The maximum absolute atomic E-state index is 11.8. The van der Waals surface area contributed by atoms with Crippen LogP contribution in [0.4, 0.5) is 11.8 Å². The standard InChI is InChI=1S/C18H25N7O2/c1-27-17(26)13-11-14(19)21-18(20-13)24-9-6-12(7-10-24)16-23-22-15-5-3-2-4-8-25(15)16/h11-12H,2-10H2,1H3,(H2,19,20,21). The summed E-state index contributed by atoms with van der Waals surface area (Å²) >= 11 is 0. The van der Waals surface area contributed by atoms with Gasteiger partial charge >= 0.3 is 5.97 Å². The number of nitrogens with two attached hydrogens (primary N) is 1. The van der Waals surface area contributed by atoms with Gasteiger partial charge in [0.1, 0.15) is 17.5 Å². The van der Waals surface area contributed by atoms with E-state index in [9.17, 15) is 4.79 Å². The quantitative estimate of drug-likeness (QED) is 0.809. The second kappa shape index (κ2) is 7.50. The summed E-state index contributed by atoms with van der Waals surface area (Å²) in [5, 5.41) is 8.93. The predicted molar refractivity (Wildman–Crippen MR) is 99.5 cm³/mol. The highest BCUT2D eigenvalue weighted by atomic mass is 16.5. The minimum absolute atomic E-state index is 0.185. The fraction of sp³-hybridized carbons (Fsp3) is 0.611. The van der Waals surface area contributed by atoms with Crippen molar-refractivity contribution in [2.45, 2.75) is 51.0 Å². The highest BCUT2D eigenvalue weighted by Gasteiger charge is 2.28. The molecule has 0 radical (unpaired) electrons. The van der Waals surface area contributed by atoms with Crippen molar-refractivity contribution >= 4 is 17.7 Å². The van der Waals surface area contributed by atoms with Crippen LogP contribution in [0.2, 0.25) is 0 Å². The highest BCUT2D eigenvalue weighted by Crippen LogP contribution is 2.30. The number of anilines is 2. The van der Waals surface area contributed by atoms with Crippen molar-refractivity contribution in [2.75, 3.05) is 30.8 Å². The summed E-state index contributed by atoms with van der Waals surface area (Å²) < 4.78 is 7.07. The van der Waals surface area contributed by atoms with E-state index in [4.69, 9.17) is 10.5 Å². The van der Waals surface area contributed by atoms with Crippen LogP contribution in [0.3, 0.4) is 0 Å². The fourth-order valence-electron chi connectivity index (χ4n) is 3.95. The fourth-order valence-corrected chi connectivity index (χ4v) is 3.95. The van der Waals surface area contributed by atoms with Crippen molar-refractivity contribution in [1.29, 1.82) is 0 Å². The number of nitrogens with zero attached hydrogens (tertiary/aromatic N) is 6. The lowest BCUT2D eigenvalue weighted by Crippen LogP contribution is -2.35. The van der Waals surface area contributed by atoms with E-state index in [2.05, 4.69) is 29.6 Å². The molecule has 0 unspecified atom stereocenters. The summed E-state index contributed by atoms with van der Waals surface area (Å²) in [4.78, 5) is 22.5. The number of fused-ring (bicyclic) bond motifs is 1. The summed E-state index contributed by atoms with van der Waals surface area (Å²) in [5.41, 5.74) is 6.03. The number of hydrogen-bond acceptors (Lipinski definition) is 8. The van der Waals surface area contributed by atoms with Crippen LogP contribution in [-0.4, -0.2) is 50.9 Å². The Bertz CT molecular complexity index is 827. The number of rotatable bonds is 3. The first-order valence-electron chi connectivity index (χ1n) is 9.55. The molecule has 0 atom stereocenters. The van der Waals surface area contributed by atoms with E-state index >= 15 is 0 Å². The molecule has 144 valence electrons. The molecule has 9 heteroatoms. The molecule has 4 heterocycles. The van der Waals surface area contributed by atoms with Crippen molar-refractivity contribution in [3.63, 3.8) is 0 Å². The molecule has 0 spiro atoms. The monoisotopic (exact) mass is 371 g/mol. The van der Waals surface area contributed by atoms with Gasteiger partial charge in [0.2, 0.25) is 5.95 Å². The molecule has 0 saturated carbocycles. The first-order chi connectivity index (χ1) is 13.2. The van der Waals surface area contributed by atoms with Gasteiger partial charge in [-0.2, -0.15) is 4.98 Å². The highest BCUT2D eigenvalue weighted by molar-refractivity contribution is 5.88. The van der Waals surface area contributed by atoms with Crippen LogP contribution < -0.4 is 10.6 Å². The molecule has 0 amide bonds. The van der Waals surface area contributed by atoms with E-state index < -0.39 is 5.97 Å². The average Bonchev–Trinajstić information content (AvgIpc) is 2.95. The van der Waals surface area contributed by atoms with Crippen molar-refractivity contribution in [1.82, 2.24) is 24.7 Å². The van der Waals surface area contributed by atoms with Crippen LogP contribution in [0.1, 0.15) is 60.2 Å². The number of nitrogen functional groups attached to an aromatic ring is 1. The van der Waals surface area contributed by atoms with Crippen molar-refractivity contribution in [3.05, 3.63) is 23.4 Å². The van der Waals surface area contributed by atoms with Crippen molar-refractivity contribution < 1.29 is 9.53 Å². The third-order valence-electron chi connectivity index (χ3n) is 5.41. The Hall–Kier alpha value is -2.71. The smallest absolute Gasteiger partial charge is 0.356 e. The van der Waals surface area contributed by atoms with Gasteiger partial charge in [0, 0.05) is 38.0 Å². The summed E-state index contributed by atoms with van der Waals surface area (Å²) in [5.74, 6) is 2.88. The molecule has 1 fully saturated rings. The molecule has 0 bridgehead atoms. The minimum Gasteiger partial charge on any atom is -0.464 e. The van der Waals surface area contributed by atoms with Crippen molar-refractivity contribution in [3.8, 4) is 0 Å². The lowest BCUT2D eigenvalue weighted by Gasteiger charge is -2.31. The number of ether oxygens (including phenoxy) is 1. The van der Waals surface area contributed by atoms with Gasteiger partial charge in [-0.3, -0.25) is 0 Å². The lowest BCUT2D eigenvalue weighted by atomic mass is 9.96. The molecule has 1 saturated heterocycles. The number of aryl methyl sites for hydroxylation is 1. The van der Waals surface area contributed by atoms with Crippen LogP contribution in [0.15, 0.2) is 6.07 Å². The normalized spacial score (nSPS) is 18.0. The summed E-state index contributed by atoms with van der Waals surface area (Å²) in [6.45, 7) is 2.60. The van der Waals surface area contributed by atoms with Crippen molar-refractivity contribution in [2.24, 2.45) is 0 Å². The summed E-state index contributed by atoms with van der Waals surface area (Å²) in [6.07, 6.45) is 6.58. The van der Waals surface area contributed by atoms with E-state index in [1.54, 1.807) is 0 Å². The van der Waals surface area contributed by atoms with E-state index in [0.29, 0.717) is 11.9 Å². The average molecular weight is 371 g/mol. The lowest BCUT2D eigenvalue weighted by molar-refractivity contribution is 0.0594. The number of methoxy groups -OCH3 is 1. The second-order valence-electron chi connectivity index (χ2n) is 7.17. The topological polar surface area (TPSA) is 112 Å². The molecular formula is C18H25N7O2. The number of piperidine rings is 1. The van der Waals surface area contributed by atoms with Gasteiger partial charge in [-0.05, 0) is 25.7 Å². The van der Waals surface area contributed by atoms with Crippen LogP contribution in [0.25, 0.3) is 0 Å². The van der Waals surface area contributed by atoms with Gasteiger partial charge in [-0.25, -0.2) is 9.78 Å². The third kappa shape index (κ3) is 3.58. The maximum atomic E-state index is 11.8. The Morgan fingerprint density at radius 2 is 1.96 bits per heavy atom. The number of hydrogen-bond donors (Lipinski definition) is 1. The Labute approximate surface area is 157 Å². The number of aromatic nitrogens is 5. The zero-order chi connectivity index (χ0) is 18.8. The molecule has 27 heavy (non-hydrogen) atoms. The van der Waals surface area contributed by atoms with Gasteiger partial charge in [0.25, 0.3) is 0 Å². The molecule has 0 aromatic carbocycles. The first kappa shape index (κ1) is 17.7. The van der Waals surface area contributed by atoms with Crippen LogP contribution >= 0.6 is 0 Å². The van der Waals surface area contributed by atoms with Gasteiger partial charge in [-0.15, -0.1) is 10.2 Å². The van der Waals surface area contributed by atoms with Crippen LogP contribution in [0.5, 0.6) is 0 Å². The van der Waals surface area contributed by atoms with Gasteiger partial charge in [0.15, 0.2) is 5.69 Å². The number of carbonyl (C=O) groups is 1. The Kier molecular flexibility index (Phi) is 4.91. The van der Waals surface area contributed by atoms with Gasteiger partial charge in [0.05, 0.1) is 7.11 Å². The number of esters is 1. The van der Waals surface area contributed by atoms with E-state index in [1.807, 2.05) is 0 Å². The Balaban J connectivity index is 1.48. The van der Waals surface area contributed by atoms with Crippen LogP contribution in [0, 0.1) is 0 Å². The molecule has 2 aliphatic rings. The SMILES string of the molecule is COC(=O)c1cc(N)nc(N2CCC(c3nnc4n3CCCCC4)CC2)n1. The molecule has 2 N–H and O–H groups in total. The largest absolute Gasteiger partial charge is 0.464 e. The molecule has 2 aromatic heterocycles. The molecule has 9 nitrogen and oxygen atoms in total. The zero-order valence-electron chi connectivity index (χ0n) is 15.6. The predicted octanol–water partition coefficient (Wildman–Crippen LogP) is 1.55. The maximum Gasteiger partial charge on any atom is 0.356 e. The van der Waals surface area contributed by atoms with E-state index in [1.165, 1.54) is 32.4 Å². The van der Waals surface area contributed by atoms with Crippen LogP contribution in [-0.2, 0) is 17.7 Å². The minimum atomic E-state index is -0.508. The molecular weight excluding hydrogens is 346 g/mol. The Morgan fingerprint density at radius 1 is 1.15 bits per heavy atom. The second-order valence-corrected chi connectivity index (χ2v) is 7.17. The van der Waals surface area contributed by atoms with E-state index in [0.717, 1.165) is 50.5 Å². The third-order valence-corrected chi connectivity index (χ3v) is 5.41. The Morgan fingerprint density at radius 3 is 2.74 bits per heavy atom. The molecule has 0 aliphatic carbocycles. The summed E-state index contributed by atoms with van der Waals surface area (Å²) in [6, 6.07) is 1.44. The molecule has 4 rings (SSSR count). The summed E-state index contributed by atoms with van der Waals surface area (Å²) in [7, 11) is 1.33. The van der Waals surface area contributed by atoms with Gasteiger partial charge < -0.3 is 19.9 Å².